The molecule has 0 bridgehead atoms. The van der Waals surface area contributed by atoms with Crippen molar-refractivity contribution in [1.29, 1.82) is 0 Å². The summed E-state index contributed by atoms with van der Waals surface area (Å²) in [5.74, 6) is -0.915. The summed E-state index contributed by atoms with van der Waals surface area (Å²) < 4.78 is 2.50. The predicted octanol–water partition coefficient (Wildman–Crippen LogP) is 2.59. The van der Waals surface area contributed by atoms with Gasteiger partial charge < -0.3 is 9.67 Å². The van der Waals surface area contributed by atoms with Gasteiger partial charge in [-0.25, -0.2) is 4.79 Å². The normalized spacial score (nSPS) is 10.4. The summed E-state index contributed by atoms with van der Waals surface area (Å²) in [6.45, 7) is 0.624. The number of hydrogen-bond acceptors (Lipinski definition) is 2. The largest absolute Gasteiger partial charge is 0.477 e. The smallest absolute Gasteiger partial charge is 0.352 e. The molecule has 0 saturated carbocycles. The summed E-state index contributed by atoms with van der Waals surface area (Å²) in [5.41, 5.74) is 1.38. The van der Waals surface area contributed by atoms with E-state index in [1.54, 1.807) is 29.2 Å². The molecular weight excluding hydrogens is 284 g/mol. The summed E-state index contributed by atoms with van der Waals surface area (Å²) >= 11 is 3.28. The van der Waals surface area contributed by atoms with E-state index in [0.717, 1.165) is 16.5 Å². The molecule has 1 N–H and O–H groups in total. The third-order valence-electron chi connectivity index (χ3n) is 2.45. The van der Waals surface area contributed by atoms with Gasteiger partial charge in [0.05, 0.1) is 0 Å². The molecule has 0 aliphatic rings. The van der Waals surface area contributed by atoms with Crippen LogP contribution in [0.4, 0.5) is 0 Å². The molecule has 0 fully saturated rings. The van der Waals surface area contributed by atoms with Gasteiger partial charge in [-0.15, -0.1) is 0 Å². The van der Waals surface area contributed by atoms with Crippen LogP contribution in [0.5, 0.6) is 0 Å². The fourth-order valence-electron chi connectivity index (χ4n) is 1.63. The first kappa shape index (κ1) is 11.9. The van der Waals surface area contributed by atoms with Crippen LogP contribution in [0.1, 0.15) is 16.1 Å². The Balaban J connectivity index is 2.11. The molecule has 17 heavy (non-hydrogen) atoms. The van der Waals surface area contributed by atoms with E-state index in [2.05, 4.69) is 20.9 Å². The van der Waals surface area contributed by atoms with Crippen LogP contribution in [-0.4, -0.2) is 20.6 Å². The standard InChI is InChI=1S/C12H11BrN2O2/c13-10-6-11(12(16)17)15(8-10)5-3-9-2-1-4-14-7-9/h1-2,4,6-8H,3,5H2,(H,16,17). The molecular formula is C12H11BrN2O2. The van der Waals surface area contributed by atoms with Crippen LogP contribution in [0.3, 0.4) is 0 Å². The number of nitrogens with zero attached hydrogens (tertiary/aromatic N) is 2. The van der Waals surface area contributed by atoms with Crippen molar-refractivity contribution >= 4 is 21.9 Å². The Morgan fingerprint density at radius 2 is 2.35 bits per heavy atom. The minimum Gasteiger partial charge on any atom is -0.477 e. The van der Waals surface area contributed by atoms with Crippen molar-refractivity contribution in [2.24, 2.45) is 0 Å². The van der Waals surface area contributed by atoms with Crippen molar-refractivity contribution in [3.63, 3.8) is 0 Å². The van der Waals surface area contributed by atoms with E-state index in [4.69, 9.17) is 5.11 Å². The van der Waals surface area contributed by atoms with Crippen LogP contribution in [0.2, 0.25) is 0 Å². The lowest BCUT2D eigenvalue weighted by Gasteiger charge is -2.05. The number of carbonyl (C=O) groups is 1. The molecule has 2 aromatic rings. The highest BCUT2D eigenvalue weighted by molar-refractivity contribution is 9.10. The summed E-state index contributed by atoms with van der Waals surface area (Å²) in [5, 5.41) is 9.02. The van der Waals surface area contributed by atoms with E-state index in [0.29, 0.717) is 12.2 Å². The lowest BCUT2D eigenvalue weighted by molar-refractivity contribution is 0.0685. The lowest BCUT2D eigenvalue weighted by atomic mass is 10.2. The Bertz CT molecular complexity index is 523. The Labute approximate surface area is 107 Å². The summed E-state index contributed by atoms with van der Waals surface area (Å²) in [6.07, 6.45) is 6.05. The fraction of sp³-hybridized carbons (Fsp3) is 0.167. The molecule has 2 aromatic heterocycles. The minimum absolute atomic E-state index is 0.292. The lowest BCUT2D eigenvalue weighted by Crippen LogP contribution is -2.09. The van der Waals surface area contributed by atoms with Crippen molar-refractivity contribution in [3.8, 4) is 0 Å². The monoisotopic (exact) mass is 294 g/mol. The number of aryl methyl sites for hydroxylation is 2. The minimum atomic E-state index is -0.915. The van der Waals surface area contributed by atoms with E-state index >= 15 is 0 Å². The van der Waals surface area contributed by atoms with Gasteiger partial charge in [0.2, 0.25) is 0 Å². The van der Waals surface area contributed by atoms with Gasteiger partial charge in [-0.05, 0) is 40.0 Å². The topological polar surface area (TPSA) is 55.1 Å². The van der Waals surface area contributed by atoms with E-state index in [1.807, 2.05) is 12.1 Å². The zero-order chi connectivity index (χ0) is 12.3. The van der Waals surface area contributed by atoms with Gasteiger partial charge in [-0.2, -0.15) is 0 Å². The third-order valence-corrected chi connectivity index (χ3v) is 2.88. The molecule has 0 atom stereocenters. The average Bonchev–Trinajstić information content (AvgIpc) is 2.69. The van der Waals surface area contributed by atoms with Crippen LogP contribution < -0.4 is 0 Å². The Kier molecular flexibility index (Phi) is 3.58. The maximum atomic E-state index is 11.0. The first-order valence-electron chi connectivity index (χ1n) is 5.14. The van der Waals surface area contributed by atoms with Crippen LogP contribution in [-0.2, 0) is 13.0 Å². The Hall–Kier alpha value is -1.62. The third kappa shape index (κ3) is 2.94. The Morgan fingerprint density at radius 1 is 1.53 bits per heavy atom. The predicted molar refractivity (Wildman–Crippen MR) is 67.0 cm³/mol. The van der Waals surface area contributed by atoms with Crippen LogP contribution >= 0.6 is 15.9 Å². The quantitative estimate of drug-likeness (QED) is 0.943. The number of aromatic carboxylic acids is 1. The van der Waals surface area contributed by atoms with Crippen molar-refractivity contribution in [2.75, 3.05) is 0 Å². The van der Waals surface area contributed by atoms with E-state index in [-0.39, 0.29) is 0 Å². The number of aromatic nitrogens is 2. The van der Waals surface area contributed by atoms with Crippen LogP contribution in [0, 0.1) is 0 Å². The van der Waals surface area contributed by atoms with Crippen LogP contribution in [0.15, 0.2) is 41.3 Å². The molecule has 0 aromatic carbocycles. The molecule has 88 valence electrons. The summed E-state index contributed by atoms with van der Waals surface area (Å²) in [6, 6.07) is 5.45. The molecule has 0 radical (unpaired) electrons. The SMILES string of the molecule is O=C(O)c1cc(Br)cn1CCc1cccnc1. The highest BCUT2D eigenvalue weighted by atomic mass is 79.9. The van der Waals surface area contributed by atoms with Gasteiger partial charge >= 0.3 is 5.97 Å². The number of carboxylic acid groups (broad SMARTS) is 1. The molecule has 0 spiro atoms. The van der Waals surface area contributed by atoms with Crippen molar-refractivity contribution < 1.29 is 9.90 Å². The first-order valence-corrected chi connectivity index (χ1v) is 5.94. The maximum Gasteiger partial charge on any atom is 0.352 e. The van der Waals surface area contributed by atoms with Crippen molar-refractivity contribution in [3.05, 3.63) is 52.5 Å². The summed E-state index contributed by atoms with van der Waals surface area (Å²) in [4.78, 5) is 15.0. The number of halogens is 1. The molecule has 0 unspecified atom stereocenters. The van der Waals surface area contributed by atoms with Crippen LogP contribution in [0.25, 0.3) is 0 Å². The van der Waals surface area contributed by atoms with Gasteiger partial charge in [0.15, 0.2) is 0 Å². The van der Waals surface area contributed by atoms with Crippen molar-refractivity contribution in [2.45, 2.75) is 13.0 Å². The number of rotatable bonds is 4. The van der Waals surface area contributed by atoms with Gasteiger partial charge in [-0.3, -0.25) is 4.98 Å². The van der Waals surface area contributed by atoms with E-state index < -0.39 is 5.97 Å². The average molecular weight is 295 g/mol. The zero-order valence-corrected chi connectivity index (χ0v) is 10.6. The second kappa shape index (κ2) is 5.14. The highest BCUT2D eigenvalue weighted by Crippen LogP contribution is 2.15. The molecule has 2 heterocycles. The molecule has 5 heteroatoms. The molecule has 0 aliphatic heterocycles. The number of pyridine rings is 1. The first-order chi connectivity index (χ1) is 8.16. The second-order valence-electron chi connectivity index (χ2n) is 3.65. The molecule has 2 rings (SSSR count). The fourth-order valence-corrected chi connectivity index (χ4v) is 2.10. The van der Waals surface area contributed by atoms with Gasteiger partial charge in [0.25, 0.3) is 0 Å². The molecule has 0 saturated heterocycles. The molecule has 4 nitrogen and oxygen atoms in total. The van der Waals surface area contributed by atoms with E-state index in [1.165, 1.54) is 0 Å². The Morgan fingerprint density at radius 3 is 3.00 bits per heavy atom. The van der Waals surface area contributed by atoms with Gasteiger partial charge in [0.1, 0.15) is 5.69 Å². The van der Waals surface area contributed by atoms with E-state index in [9.17, 15) is 4.79 Å². The zero-order valence-electron chi connectivity index (χ0n) is 9.01. The summed E-state index contributed by atoms with van der Waals surface area (Å²) in [7, 11) is 0. The molecule has 0 amide bonds. The number of carboxylic acids is 1. The second-order valence-corrected chi connectivity index (χ2v) is 4.57. The van der Waals surface area contributed by atoms with Gasteiger partial charge in [-0.1, -0.05) is 6.07 Å². The number of hydrogen-bond donors (Lipinski definition) is 1. The van der Waals surface area contributed by atoms with Crippen molar-refractivity contribution in [1.82, 2.24) is 9.55 Å². The highest BCUT2D eigenvalue weighted by Gasteiger charge is 2.11. The maximum absolute atomic E-state index is 11.0. The van der Waals surface area contributed by atoms with Gasteiger partial charge in [0, 0.05) is 29.6 Å². The molecule has 0 aliphatic carbocycles.